The van der Waals surface area contributed by atoms with Crippen LogP contribution in [-0.2, 0) is 11.2 Å². The number of hydrogen-bond donors (Lipinski definition) is 0. The zero-order chi connectivity index (χ0) is 32.6. The summed E-state index contributed by atoms with van der Waals surface area (Å²) < 4.78 is 17.1. The summed E-state index contributed by atoms with van der Waals surface area (Å²) in [6, 6.07) is 10.7. The number of halogens is 1. The third-order valence-electron chi connectivity index (χ3n) is 8.01. The van der Waals surface area contributed by atoms with Gasteiger partial charge in [0.05, 0.1) is 30.2 Å². The van der Waals surface area contributed by atoms with E-state index in [2.05, 4.69) is 16.5 Å². The molecule has 8 nitrogen and oxygen atoms in total. The van der Waals surface area contributed by atoms with E-state index in [0.717, 1.165) is 11.3 Å². The lowest BCUT2D eigenvalue weighted by molar-refractivity contribution is -0.127. The number of pyridine rings is 2. The number of aryl methyl sites for hydroxylation is 1. The van der Waals surface area contributed by atoms with Gasteiger partial charge < -0.3 is 9.80 Å². The number of nitrogens with zero attached hydrogens (tertiary/aromatic N) is 6. The normalized spacial score (nSPS) is 17.6. The van der Waals surface area contributed by atoms with Crippen molar-refractivity contribution >= 4 is 40.4 Å². The molecule has 4 heterocycles. The van der Waals surface area contributed by atoms with E-state index in [1.807, 2.05) is 58.9 Å². The molecule has 1 aromatic carbocycles. The quantitative estimate of drug-likeness (QED) is 0.228. The Balaban J connectivity index is 1.87. The van der Waals surface area contributed by atoms with Crippen LogP contribution in [0.1, 0.15) is 60.1 Å². The van der Waals surface area contributed by atoms with E-state index in [-0.39, 0.29) is 30.4 Å². The lowest BCUT2D eigenvalue weighted by atomic mass is 10.0. The molecule has 2 atom stereocenters. The average Bonchev–Trinajstić information content (AvgIpc) is 3.00. The van der Waals surface area contributed by atoms with E-state index < -0.39 is 5.69 Å². The number of amides is 1. The standard InChI is InChI=1S/C34H37ClN6O2/c1-8-23-13-11-12-14-25(23)30-27(35)17-26-32(37-30)41(31-24(9-2)15-16-36-29(31)20(4)5)34(43)38-33(26)40-21(6)18-39(19-22(40)7)28(42)10-3/h8,10-17,20-22H,1,3,9,18-19H2,2,4-7H3/t21-,22-/m0/s1/i1D2. The Morgan fingerprint density at radius 1 is 1.19 bits per heavy atom. The molecule has 4 aromatic rings. The summed E-state index contributed by atoms with van der Waals surface area (Å²) in [4.78, 5) is 45.1. The second-order valence-electron chi connectivity index (χ2n) is 11.2. The van der Waals surface area contributed by atoms with Gasteiger partial charge in [-0.1, -0.05) is 75.8 Å². The molecular weight excluding hydrogens is 560 g/mol. The first-order valence-corrected chi connectivity index (χ1v) is 14.9. The summed E-state index contributed by atoms with van der Waals surface area (Å²) in [5.74, 6) is 0.310. The maximum Gasteiger partial charge on any atom is 0.355 e. The summed E-state index contributed by atoms with van der Waals surface area (Å²) in [6.45, 7) is 14.2. The highest BCUT2D eigenvalue weighted by atomic mass is 35.5. The highest BCUT2D eigenvalue weighted by Gasteiger charge is 2.34. The lowest BCUT2D eigenvalue weighted by Gasteiger charge is -2.45. The van der Waals surface area contributed by atoms with Gasteiger partial charge >= 0.3 is 5.69 Å². The van der Waals surface area contributed by atoms with Gasteiger partial charge in [-0.05, 0) is 55.5 Å². The van der Waals surface area contributed by atoms with E-state index in [9.17, 15) is 9.59 Å². The zero-order valence-corrected chi connectivity index (χ0v) is 25.9. The van der Waals surface area contributed by atoms with Crippen molar-refractivity contribution in [3.05, 3.63) is 94.1 Å². The van der Waals surface area contributed by atoms with Crippen molar-refractivity contribution in [2.75, 3.05) is 18.0 Å². The fraction of sp³-hybridized carbons (Fsp3) is 0.324. The molecule has 1 fully saturated rings. The Morgan fingerprint density at radius 2 is 1.91 bits per heavy atom. The van der Waals surface area contributed by atoms with Gasteiger partial charge in [-0.25, -0.2) is 14.3 Å². The summed E-state index contributed by atoms with van der Waals surface area (Å²) in [7, 11) is 0. The summed E-state index contributed by atoms with van der Waals surface area (Å²) in [5.41, 5.74) is 3.85. The van der Waals surface area contributed by atoms with Crippen molar-refractivity contribution in [1.29, 1.82) is 0 Å². The number of carbonyl (C=O) groups is 1. The summed E-state index contributed by atoms with van der Waals surface area (Å²) in [6.07, 6.45) is 5.17. The third-order valence-corrected chi connectivity index (χ3v) is 8.30. The summed E-state index contributed by atoms with van der Waals surface area (Å²) in [5, 5.41) is 0.917. The van der Waals surface area contributed by atoms with Gasteiger partial charge in [-0.15, -0.1) is 0 Å². The Bertz CT molecular complexity index is 1870. The fourth-order valence-corrected chi connectivity index (χ4v) is 6.31. The average molecular weight is 599 g/mol. The van der Waals surface area contributed by atoms with Gasteiger partial charge in [0.2, 0.25) is 5.91 Å². The van der Waals surface area contributed by atoms with Gasteiger partial charge in [0.25, 0.3) is 0 Å². The molecule has 0 radical (unpaired) electrons. The second-order valence-corrected chi connectivity index (χ2v) is 11.6. The minimum absolute atomic E-state index is 0.00816. The molecule has 1 aliphatic rings. The van der Waals surface area contributed by atoms with Crippen molar-refractivity contribution in [1.82, 2.24) is 24.4 Å². The number of aromatic nitrogens is 4. The molecule has 1 saturated heterocycles. The van der Waals surface area contributed by atoms with Crippen LogP contribution in [0.3, 0.4) is 0 Å². The molecule has 5 rings (SSSR count). The fourth-order valence-electron chi connectivity index (χ4n) is 6.06. The number of carbonyl (C=O) groups excluding carboxylic acids is 1. The maximum atomic E-state index is 14.3. The lowest BCUT2D eigenvalue weighted by Crippen LogP contribution is -2.58. The topological polar surface area (TPSA) is 84.2 Å². The molecule has 0 unspecified atom stereocenters. The van der Waals surface area contributed by atoms with E-state index in [1.165, 1.54) is 12.2 Å². The number of benzene rings is 1. The van der Waals surface area contributed by atoms with Gasteiger partial charge in [0, 0.05) is 36.9 Å². The van der Waals surface area contributed by atoms with E-state index in [0.29, 0.717) is 63.9 Å². The van der Waals surface area contributed by atoms with E-state index >= 15 is 0 Å². The minimum atomic E-state index is -0.500. The molecule has 0 spiro atoms. The number of piperazine rings is 1. The van der Waals surface area contributed by atoms with Crippen LogP contribution in [0.15, 0.2) is 66.6 Å². The SMILES string of the molecule is [2H]C([2H])=Cc1ccccc1-c1nc2c(cc1Cl)c(N1[C@@H](C)CN(C(=O)C=C)C[C@@H]1C)nc(=O)n2-c1c(CC)ccnc1C(C)C. The summed E-state index contributed by atoms with van der Waals surface area (Å²) >= 11 is 7.00. The number of fused-ring (bicyclic) bond motifs is 1. The van der Waals surface area contributed by atoms with Crippen molar-refractivity contribution in [3.63, 3.8) is 0 Å². The number of hydrogen-bond acceptors (Lipinski definition) is 6. The molecule has 0 N–H and O–H groups in total. The van der Waals surface area contributed by atoms with E-state index in [1.54, 1.807) is 27.8 Å². The smallest absolute Gasteiger partial charge is 0.347 e. The molecule has 1 aliphatic heterocycles. The highest BCUT2D eigenvalue weighted by molar-refractivity contribution is 6.34. The monoisotopic (exact) mass is 598 g/mol. The highest BCUT2D eigenvalue weighted by Crippen LogP contribution is 2.37. The van der Waals surface area contributed by atoms with Crippen LogP contribution >= 0.6 is 11.6 Å². The van der Waals surface area contributed by atoms with Gasteiger partial charge in [0.1, 0.15) is 5.82 Å². The maximum absolute atomic E-state index is 14.3. The van der Waals surface area contributed by atoms with Gasteiger partial charge in [-0.3, -0.25) is 9.78 Å². The Morgan fingerprint density at radius 3 is 2.56 bits per heavy atom. The van der Waals surface area contributed by atoms with Crippen LogP contribution in [0.25, 0.3) is 34.1 Å². The van der Waals surface area contributed by atoms with E-state index in [4.69, 9.17) is 24.3 Å². The van der Waals surface area contributed by atoms with Crippen molar-refractivity contribution in [2.45, 2.75) is 59.0 Å². The molecular formula is C34H37ClN6O2. The third kappa shape index (κ3) is 5.36. The number of anilines is 1. The van der Waals surface area contributed by atoms with Gasteiger partial charge in [-0.2, -0.15) is 4.98 Å². The first kappa shape index (κ1) is 27.5. The molecule has 3 aromatic heterocycles. The van der Waals surface area contributed by atoms with Crippen LogP contribution in [0, 0.1) is 0 Å². The van der Waals surface area contributed by atoms with Crippen LogP contribution in [0.5, 0.6) is 0 Å². The van der Waals surface area contributed by atoms with Crippen molar-refractivity contribution < 1.29 is 7.54 Å². The van der Waals surface area contributed by atoms with Crippen LogP contribution in [-0.4, -0.2) is 55.5 Å². The second kappa shape index (κ2) is 12.1. The Labute approximate surface area is 260 Å². The largest absolute Gasteiger partial charge is 0.355 e. The molecule has 0 bridgehead atoms. The number of rotatable bonds is 7. The molecule has 1 amide bonds. The predicted octanol–water partition coefficient (Wildman–Crippen LogP) is 6.44. The van der Waals surface area contributed by atoms with Crippen LogP contribution in [0.2, 0.25) is 5.02 Å². The molecule has 43 heavy (non-hydrogen) atoms. The molecule has 0 aliphatic carbocycles. The van der Waals surface area contributed by atoms with Crippen molar-refractivity contribution in [2.24, 2.45) is 0 Å². The Hall–Kier alpha value is -4.30. The first-order valence-electron chi connectivity index (χ1n) is 15.5. The molecule has 222 valence electrons. The Kier molecular flexibility index (Phi) is 7.77. The van der Waals surface area contributed by atoms with Crippen LogP contribution < -0.4 is 10.6 Å². The molecule has 9 heteroatoms. The zero-order valence-electron chi connectivity index (χ0n) is 27.1. The van der Waals surface area contributed by atoms with Crippen molar-refractivity contribution in [3.8, 4) is 16.9 Å². The predicted molar refractivity (Wildman–Crippen MR) is 175 cm³/mol. The first-order chi connectivity index (χ1) is 21.5. The molecule has 0 saturated carbocycles. The van der Waals surface area contributed by atoms with Crippen LogP contribution in [0.4, 0.5) is 5.82 Å². The van der Waals surface area contributed by atoms with Gasteiger partial charge in [0.15, 0.2) is 5.65 Å². The minimum Gasteiger partial charge on any atom is -0.347 e.